The van der Waals surface area contributed by atoms with E-state index in [1.54, 1.807) is 41.5 Å². The van der Waals surface area contributed by atoms with Crippen molar-refractivity contribution in [3.8, 4) is 0 Å². The highest BCUT2D eigenvalue weighted by atomic mass is 16.4. The zero-order chi connectivity index (χ0) is 22.8. The third-order valence-electron chi connectivity index (χ3n) is 8.93. The summed E-state index contributed by atoms with van der Waals surface area (Å²) in [7, 11) is 0. The molecule has 1 aliphatic heterocycles. The molecule has 4 atom stereocenters. The van der Waals surface area contributed by atoms with Gasteiger partial charge in [-0.2, -0.15) is 0 Å². The second kappa shape index (κ2) is 9.60. The van der Waals surface area contributed by atoms with Gasteiger partial charge in [0, 0.05) is 18.0 Å². The third kappa shape index (κ3) is 4.36. The van der Waals surface area contributed by atoms with Crippen molar-refractivity contribution in [1.82, 2.24) is 4.90 Å². The first kappa shape index (κ1) is 22.6. The minimum absolute atomic E-state index is 0.403. The van der Waals surface area contributed by atoms with Crippen LogP contribution in [0.15, 0.2) is 54.6 Å². The van der Waals surface area contributed by atoms with Crippen LogP contribution in [-0.2, 0) is 16.6 Å². The Morgan fingerprint density at radius 2 is 1.73 bits per heavy atom. The van der Waals surface area contributed by atoms with E-state index in [0.29, 0.717) is 11.0 Å². The molecular formula is C29H37NO3. The van der Waals surface area contributed by atoms with E-state index in [1.807, 2.05) is 0 Å². The fraction of sp³-hybridized carbons (Fsp3) is 0.552. The van der Waals surface area contributed by atoms with Crippen molar-refractivity contribution in [1.29, 1.82) is 0 Å². The molecule has 0 amide bonds. The molecular weight excluding hydrogens is 410 g/mol. The Morgan fingerprint density at radius 3 is 2.45 bits per heavy atom. The third-order valence-corrected chi connectivity index (χ3v) is 8.93. The molecule has 4 aliphatic rings. The quantitative estimate of drug-likeness (QED) is 0.663. The highest BCUT2D eigenvalue weighted by Gasteiger charge is 2.53. The molecule has 1 saturated heterocycles. The first-order chi connectivity index (χ1) is 16.1. The smallest absolute Gasteiger partial charge is 0.337 e. The molecule has 2 bridgehead atoms. The van der Waals surface area contributed by atoms with E-state index in [1.165, 1.54) is 70.9 Å². The number of aliphatic hydroxyl groups is 1. The summed E-state index contributed by atoms with van der Waals surface area (Å²) >= 11 is 0. The number of fused-ring (bicyclic) bond motifs is 1. The summed E-state index contributed by atoms with van der Waals surface area (Å²) in [5.74, 6) is 0.745. The maximum atomic E-state index is 10.2. The van der Waals surface area contributed by atoms with E-state index in [9.17, 15) is 4.79 Å². The number of aliphatic hydroxyl groups excluding tert-OH is 1. The van der Waals surface area contributed by atoms with Gasteiger partial charge in [-0.15, -0.1) is 0 Å². The lowest BCUT2D eigenvalue weighted by molar-refractivity contribution is -0.146. The number of carboxylic acid groups (broad SMARTS) is 1. The Hall–Kier alpha value is -2.17. The van der Waals surface area contributed by atoms with Gasteiger partial charge in [-0.05, 0) is 73.6 Å². The molecule has 2 N–H and O–H groups in total. The van der Waals surface area contributed by atoms with Gasteiger partial charge in [-0.3, -0.25) is 4.90 Å². The number of piperidine rings is 1. The number of rotatable bonds is 4. The molecule has 4 heteroatoms. The summed E-state index contributed by atoms with van der Waals surface area (Å²) in [5.41, 5.74) is 4.39. The van der Waals surface area contributed by atoms with Crippen molar-refractivity contribution >= 4 is 5.97 Å². The van der Waals surface area contributed by atoms with Gasteiger partial charge in [0.15, 0.2) is 6.10 Å². The minimum atomic E-state index is -1.41. The average Bonchev–Trinajstić information content (AvgIpc) is 2.83. The molecule has 0 spiro atoms. The second-order valence-corrected chi connectivity index (χ2v) is 10.6. The van der Waals surface area contributed by atoms with Crippen molar-refractivity contribution in [2.45, 2.75) is 75.3 Å². The van der Waals surface area contributed by atoms with Gasteiger partial charge in [0.25, 0.3) is 0 Å². The maximum Gasteiger partial charge on any atom is 0.337 e. The number of carbonyl (C=O) groups is 1. The Morgan fingerprint density at radius 1 is 0.970 bits per heavy atom. The van der Waals surface area contributed by atoms with Crippen LogP contribution in [0.5, 0.6) is 0 Å². The number of likely N-dealkylation sites (tertiary alicyclic amines) is 1. The van der Waals surface area contributed by atoms with Crippen LogP contribution in [0, 0.1) is 11.8 Å². The van der Waals surface area contributed by atoms with Crippen molar-refractivity contribution in [3.63, 3.8) is 0 Å². The summed E-state index contributed by atoms with van der Waals surface area (Å²) in [6.45, 7) is 2.77. The molecule has 0 radical (unpaired) electrons. The van der Waals surface area contributed by atoms with Crippen LogP contribution in [0.3, 0.4) is 0 Å². The summed E-state index contributed by atoms with van der Waals surface area (Å²) in [6, 6.07) is 18.6. The zero-order valence-corrected chi connectivity index (χ0v) is 19.5. The highest BCUT2D eigenvalue weighted by Crippen LogP contribution is 2.55. The molecule has 2 saturated carbocycles. The first-order valence-electron chi connectivity index (χ1n) is 12.9. The van der Waals surface area contributed by atoms with Gasteiger partial charge in [0.05, 0.1) is 0 Å². The van der Waals surface area contributed by atoms with Crippen molar-refractivity contribution < 1.29 is 15.0 Å². The van der Waals surface area contributed by atoms with E-state index >= 15 is 0 Å². The molecule has 2 aromatic carbocycles. The normalized spacial score (nSPS) is 29.5. The predicted molar refractivity (Wildman–Crippen MR) is 130 cm³/mol. The summed E-state index contributed by atoms with van der Waals surface area (Å²) < 4.78 is 0. The van der Waals surface area contributed by atoms with Crippen LogP contribution in [0.1, 0.15) is 74.2 Å². The molecule has 1 heterocycles. The van der Waals surface area contributed by atoms with Crippen LogP contribution in [0.25, 0.3) is 0 Å². The van der Waals surface area contributed by atoms with Crippen LogP contribution in [0.2, 0.25) is 0 Å². The number of benzene rings is 2. The van der Waals surface area contributed by atoms with Gasteiger partial charge in [-0.25, -0.2) is 4.79 Å². The zero-order valence-electron chi connectivity index (χ0n) is 19.5. The lowest BCUT2D eigenvalue weighted by Gasteiger charge is -2.59. The van der Waals surface area contributed by atoms with E-state index in [0.717, 1.165) is 17.9 Å². The van der Waals surface area contributed by atoms with E-state index in [2.05, 4.69) is 29.2 Å². The molecule has 3 aliphatic carbocycles. The molecule has 2 aromatic rings. The van der Waals surface area contributed by atoms with Gasteiger partial charge in [0.1, 0.15) is 0 Å². The Labute approximate surface area is 197 Å². The number of hydrogen-bond donors (Lipinski definition) is 2. The molecule has 0 unspecified atom stereocenters. The van der Waals surface area contributed by atoms with Crippen molar-refractivity contribution in [2.24, 2.45) is 11.8 Å². The number of hydrogen-bond acceptors (Lipinski definition) is 3. The fourth-order valence-corrected chi connectivity index (χ4v) is 7.06. The van der Waals surface area contributed by atoms with Crippen LogP contribution in [-0.4, -0.2) is 40.2 Å². The van der Waals surface area contributed by atoms with Crippen LogP contribution < -0.4 is 0 Å². The standard InChI is InChI=1S/C21H29N.C8H8O3/c1-2-9-18-17(8-1)14-20-19-10-3-4-11-21(18,19)12-13-22(20)15-16-6-5-7-16;9-7(8(10)11)6-4-2-1-3-5-6/h1-2,8-9,16,19-20H,3-7,10-15H2;1-5,7,9H,(H,10,11)/t19-,20+,21-;7-/m00/s1. The lowest BCUT2D eigenvalue weighted by Crippen LogP contribution is -2.61. The topological polar surface area (TPSA) is 60.8 Å². The first-order valence-corrected chi connectivity index (χ1v) is 12.9. The number of aliphatic carboxylic acids is 1. The van der Waals surface area contributed by atoms with Gasteiger partial charge < -0.3 is 10.2 Å². The van der Waals surface area contributed by atoms with Crippen molar-refractivity contribution in [3.05, 3.63) is 71.3 Å². The Kier molecular flexibility index (Phi) is 6.58. The Bertz CT molecular complexity index is 956. The largest absolute Gasteiger partial charge is 0.479 e. The minimum Gasteiger partial charge on any atom is -0.479 e. The lowest BCUT2D eigenvalue weighted by atomic mass is 9.52. The number of nitrogens with zero attached hydrogens (tertiary/aromatic N) is 1. The molecule has 3 fully saturated rings. The van der Waals surface area contributed by atoms with Crippen LogP contribution >= 0.6 is 0 Å². The SMILES string of the molecule is O=C(O)[C@@H](O)c1ccccc1.c1ccc2c(c1)C[C@@H]1[C@@H]3CCCC[C@]23CCN1CC1CCC1. The van der Waals surface area contributed by atoms with Crippen molar-refractivity contribution in [2.75, 3.05) is 13.1 Å². The second-order valence-electron chi connectivity index (χ2n) is 10.6. The predicted octanol–water partition coefficient (Wildman–Crippen LogP) is 5.35. The molecule has 0 aromatic heterocycles. The van der Waals surface area contributed by atoms with Gasteiger partial charge >= 0.3 is 5.97 Å². The summed E-state index contributed by atoms with van der Waals surface area (Å²) in [4.78, 5) is 13.2. The van der Waals surface area contributed by atoms with Gasteiger partial charge in [-0.1, -0.05) is 73.9 Å². The van der Waals surface area contributed by atoms with E-state index < -0.39 is 12.1 Å². The fourth-order valence-electron chi connectivity index (χ4n) is 7.06. The molecule has 6 rings (SSSR count). The van der Waals surface area contributed by atoms with Crippen LogP contribution in [0.4, 0.5) is 0 Å². The number of carboxylic acids is 1. The Balaban J connectivity index is 0.000000177. The van der Waals surface area contributed by atoms with E-state index in [4.69, 9.17) is 10.2 Å². The summed E-state index contributed by atoms with van der Waals surface area (Å²) in [5, 5.41) is 17.4. The molecule has 4 nitrogen and oxygen atoms in total. The average molecular weight is 448 g/mol. The molecule has 176 valence electrons. The highest BCUT2D eigenvalue weighted by molar-refractivity contribution is 5.73. The van der Waals surface area contributed by atoms with Gasteiger partial charge in [0.2, 0.25) is 0 Å². The monoisotopic (exact) mass is 447 g/mol. The van der Waals surface area contributed by atoms with E-state index in [-0.39, 0.29) is 0 Å². The molecule has 33 heavy (non-hydrogen) atoms. The maximum absolute atomic E-state index is 10.2. The summed E-state index contributed by atoms with van der Waals surface area (Å²) in [6.07, 6.45) is 11.7.